The van der Waals surface area contributed by atoms with E-state index in [9.17, 15) is 0 Å². The molecular weight excluding hydrogens is 248 g/mol. The van der Waals surface area contributed by atoms with E-state index in [0.717, 1.165) is 33.5 Å². The van der Waals surface area contributed by atoms with E-state index >= 15 is 0 Å². The predicted octanol–water partition coefficient (Wildman–Crippen LogP) is 3.95. The van der Waals surface area contributed by atoms with Gasteiger partial charge in [-0.15, -0.1) is 0 Å². The molecule has 0 unspecified atom stereocenters. The molecule has 0 aliphatic carbocycles. The van der Waals surface area contributed by atoms with Crippen molar-refractivity contribution in [2.75, 3.05) is 19.5 Å². The molecule has 3 heteroatoms. The van der Waals surface area contributed by atoms with Crippen LogP contribution in [0.4, 0.5) is 5.69 Å². The van der Waals surface area contributed by atoms with Gasteiger partial charge in [0.2, 0.25) is 0 Å². The maximum Gasteiger partial charge on any atom is 0.119 e. The Hall–Kier alpha value is -2.55. The van der Waals surface area contributed by atoms with E-state index in [4.69, 9.17) is 4.74 Å². The summed E-state index contributed by atoms with van der Waals surface area (Å²) in [5.41, 5.74) is 3.14. The fourth-order valence-electron chi connectivity index (χ4n) is 2.33. The number of hydrogen-bond donors (Lipinski definition) is 1. The molecule has 3 rings (SSSR count). The minimum Gasteiger partial charge on any atom is -0.497 e. The minimum absolute atomic E-state index is 0.844. The molecule has 0 spiro atoms. The van der Waals surface area contributed by atoms with Gasteiger partial charge in [0.15, 0.2) is 0 Å². The van der Waals surface area contributed by atoms with Gasteiger partial charge in [0.05, 0.1) is 12.8 Å². The van der Waals surface area contributed by atoms with Gasteiger partial charge in [0.1, 0.15) is 5.75 Å². The first-order valence-electron chi connectivity index (χ1n) is 6.53. The SMILES string of the molecule is CNc1cccc(-c2nccc3ccc(OC)cc23)c1. The zero-order valence-electron chi connectivity index (χ0n) is 11.6. The lowest BCUT2D eigenvalue weighted by atomic mass is 10.0. The van der Waals surface area contributed by atoms with Crippen LogP contribution in [0.3, 0.4) is 0 Å². The number of rotatable bonds is 3. The molecule has 0 amide bonds. The number of nitrogens with zero attached hydrogens (tertiary/aromatic N) is 1. The number of pyridine rings is 1. The fraction of sp³-hybridized carbons (Fsp3) is 0.118. The van der Waals surface area contributed by atoms with Gasteiger partial charge in [-0.25, -0.2) is 0 Å². The third-order valence-corrected chi connectivity index (χ3v) is 3.40. The Morgan fingerprint density at radius 2 is 1.95 bits per heavy atom. The van der Waals surface area contributed by atoms with Crippen LogP contribution in [0.15, 0.2) is 54.7 Å². The van der Waals surface area contributed by atoms with Crippen LogP contribution in [0.25, 0.3) is 22.0 Å². The van der Waals surface area contributed by atoms with Crippen molar-refractivity contribution in [2.45, 2.75) is 0 Å². The molecule has 0 aliphatic rings. The van der Waals surface area contributed by atoms with E-state index in [1.54, 1.807) is 7.11 Å². The van der Waals surface area contributed by atoms with Crippen molar-refractivity contribution in [2.24, 2.45) is 0 Å². The molecule has 0 saturated heterocycles. The smallest absolute Gasteiger partial charge is 0.119 e. The molecular formula is C17H16N2O. The topological polar surface area (TPSA) is 34.2 Å². The van der Waals surface area contributed by atoms with Crippen molar-refractivity contribution in [1.82, 2.24) is 4.98 Å². The van der Waals surface area contributed by atoms with E-state index < -0.39 is 0 Å². The molecule has 2 aromatic carbocycles. The Balaban J connectivity index is 2.23. The van der Waals surface area contributed by atoms with Crippen LogP contribution in [-0.2, 0) is 0 Å². The summed E-state index contributed by atoms with van der Waals surface area (Å²) in [6, 6.07) is 16.3. The van der Waals surface area contributed by atoms with Gasteiger partial charge in [-0.1, -0.05) is 18.2 Å². The van der Waals surface area contributed by atoms with Gasteiger partial charge in [-0.05, 0) is 35.7 Å². The highest BCUT2D eigenvalue weighted by atomic mass is 16.5. The van der Waals surface area contributed by atoms with Crippen LogP contribution in [-0.4, -0.2) is 19.1 Å². The van der Waals surface area contributed by atoms with Gasteiger partial charge in [0.25, 0.3) is 0 Å². The molecule has 0 fully saturated rings. The Labute approximate surface area is 118 Å². The molecule has 0 atom stereocenters. The van der Waals surface area contributed by atoms with Gasteiger partial charge in [-0.2, -0.15) is 0 Å². The maximum absolute atomic E-state index is 5.32. The second-order valence-corrected chi connectivity index (χ2v) is 4.58. The molecule has 1 heterocycles. The summed E-state index contributed by atoms with van der Waals surface area (Å²) in [6.07, 6.45) is 1.84. The van der Waals surface area contributed by atoms with Gasteiger partial charge >= 0.3 is 0 Å². The number of aromatic nitrogens is 1. The van der Waals surface area contributed by atoms with Crippen molar-refractivity contribution in [3.63, 3.8) is 0 Å². The Kier molecular flexibility index (Phi) is 3.25. The molecule has 3 nitrogen and oxygen atoms in total. The monoisotopic (exact) mass is 264 g/mol. The summed E-state index contributed by atoms with van der Waals surface area (Å²) in [4.78, 5) is 4.54. The molecule has 0 aliphatic heterocycles. The van der Waals surface area contributed by atoms with Crippen LogP contribution in [0, 0.1) is 0 Å². The summed E-state index contributed by atoms with van der Waals surface area (Å²) in [6.45, 7) is 0. The number of fused-ring (bicyclic) bond motifs is 1. The van der Waals surface area contributed by atoms with Gasteiger partial charge < -0.3 is 10.1 Å². The maximum atomic E-state index is 5.32. The summed E-state index contributed by atoms with van der Waals surface area (Å²) >= 11 is 0. The zero-order valence-corrected chi connectivity index (χ0v) is 11.6. The second-order valence-electron chi connectivity index (χ2n) is 4.58. The van der Waals surface area contributed by atoms with Crippen LogP contribution >= 0.6 is 0 Å². The molecule has 20 heavy (non-hydrogen) atoms. The Morgan fingerprint density at radius 1 is 1.05 bits per heavy atom. The molecule has 0 saturated carbocycles. The van der Waals surface area contributed by atoms with E-state index in [1.165, 1.54) is 0 Å². The van der Waals surface area contributed by atoms with Gasteiger partial charge in [-0.3, -0.25) is 4.98 Å². The number of methoxy groups -OCH3 is 1. The summed E-state index contributed by atoms with van der Waals surface area (Å²) in [7, 11) is 3.59. The normalized spacial score (nSPS) is 10.5. The van der Waals surface area contributed by atoms with E-state index in [2.05, 4.69) is 28.5 Å². The predicted molar refractivity (Wildman–Crippen MR) is 83.3 cm³/mol. The number of benzene rings is 2. The standard InChI is InChI=1S/C17H16N2O/c1-18-14-5-3-4-13(10-14)17-16-11-15(20-2)7-6-12(16)8-9-19-17/h3-11,18H,1-2H3. The lowest BCUT2D eigenvalue weighted by Gasteiger charge is -2.09. The summed E-state index contributed by atoms with van der Waals surface area (Å²) in [5, 5.41) is 5.41. The number of ether oxygens (including phenoxy) is 1. The Morgan fingerprint density at radius 3 is 2.75 bits per heavy atom. The van der Waals surface area contributed by atoms with Crippen molar-refractivity contribution < 1.29 is 4.74 Å². The first-order chi connectivity index (χ1) is 9.81. The van der Waals surface area contributed by atoms with Crippen LogP contribution in [0.1, 0.15) is 0 Å². The first-order valence-corrected chi connectivity index (χ1v) is 6.53. The third-order valence-electron chi connectivity index (χ3n) is 3.40. The lowest BCUT2D eigenvalue weighted by Crippen LogP contribution is -1.91. The largest absolute Gasteiger partial charge is 0.497 e. The number of anilines is 1. The molecule has 100 valence electrons. The van der Waals surface area contributed by atoms with Crippen molar-refractivity contribution >= 4 is 16.5 Å². The molecule has 3 aromatic rings. The highest BCUT2D eigenvalue weighted by Crippen LogP contribution is 2.30. The molecule has 0 radical (unpaired) electrons. The second kappa shape index (κ2) is 5.21. The average Bonchev–Trinajstić information content (AvgIpc) is 2.53. The molecule has 1 aromatic heterocycles. The highest BCUT2D eigenvalue weighted by Gasteiger charge is 2.07. The van der Waals surface area contributed by atoms with Crippen molar-refractivity contribution in [1.29, 1.82) is 0 Å². The van der Waals surface area contributed by atoms with Crippen LogP contribution in [0.5, 0.6) is 5.75 Å². The third kappa shape index (κ3) is 2.18. The highest BCUT2D eigenvalue weighted by molar-refractivity contribution is 5.95. The summed E-state index contributed by atoms with van der Waals surface area (Å²) < 4.78 is 5.32. The average molecular weight is 264 g/mol. The van der Waals surface area contributed by atoms with Crippen LogP contribution < -0.4 is 10.1 Å². The van der Waals surface area contributed by atoms with E-state index in [1.807, 2.05) is 43.6 Å². The zero-order chi connectivity index (χ0) is 13.9. The Bertz CT molecular complexity index is 753. The minimum atomic E-state index is 0.844. The fourth-order valence-corrected chi connectivity index (χ4v) is 2.33. The first kappa shape index (κ1) is 12.5. The van der Waals surface area contributed by atoms with Crippen molar-refractivity contribution in [3.05, 3.63) is 54.7 Å². The van der Waals surface area contributed by atoms with Gasteiger partial charge in [0, 0.05) is 29.9 Å². The lowest BCUT2D eigenvalue weighted by molar-refractivity contribution is 0.415. The number of nitrogens with one attached hydrogen (secondary N) is 1. The molecule has 1 N–H and O–H groups in total. The quantitative estimate of drug-likeness (QED) is 0.777. The van der Waals surface area contributed by atoms with Crippen LogP contribution in [0.2, 0.25) is 0 Å². The number of hydrogen-bond acceptors (Lipinski definition) is 3. The summed E-state index contributed by atoms with van der Waals surface area (Å²) in [5.74, 6) is 0.844. The molecule has 0 bridgehead atoms. The van der Waals surface area contributed by atoms with E-state index in [0.29, 0.717) is 0 Å². The van der Waals surface area contributed by atoms with E-state index in [-0.39, 0.29) is 0 Å². The van der Waals surface area contributed by atoms with Crippen molar-refractivity contribution in [3.8, 4) is 17.0 Å².